The molecule has 112 valence electrons. The van der Waals surface area contributed by atoms with Gasteiger partial charge in [0.1, 0.15) is 9.88 Å². The highest BCUT2D eigenvalue weighted by molar-refractivity contribution is 7.15. The Morgan fingerprint density at radius 3 is 2.64 bits per heavy atom. The zero-order valence-electron chi connectivity index (χ0n) is 12.2. The number of amides is 1. The highest BCUT2D eigenvalue weighted by atomic mass is 32.1. The fourth-order valence-electron chi connectivity index (χ4n) is 1.98. The van der Waals surface area contributed by atoms with Gasteiger partial charge in [-0.2, -0.15) is 0 Å². The number of thiazole rings is 1. The minimum Gasteiger partial charge on any atom is -0.346 e. The molecule has 0 bridgehead atoms. The molecule has 0 unspecified atom stereocenters. The van der Waals surface area contributed by atoms with E-state index >= 15 is 0 Å². The van der Waals surface area contributed by atoms with Gasteiger partial charge in [-0.05, 0) is 25.4 Å². The van der Waals surface area contributed by atoms with Crippen molar-refractivity contribution in [2.45, 2.75) is 20.4 Å². The quantitative estimate of drug-likeness (QED) is 0.797. The van der Waals surface area contributed by atoms with E-state index in [4.69, 9.17) is 0 Å². The van der Waals surface area contributed by atoms with Crippen molar-refractivity contribution in [1.82, 2.24) is 19.9 Å². The van der Waals surface area contributed by atoms with Gasteiger partial charge in [-0.1, -0.05) is 34.8 Å². The molecule has 22 heavy (non-hydrogen) atoms. The van der Waals surface area contributed by atoms with Gasteiger partial charge in [-0.3, -0.25) is 4.79 Å². The van der Waals surface area contributed by atoms with Crippen molar-refractivity contribution in [1.29, 1.82) is 0 Å². The van der Waals surface area contributed by atoms with Gasteiger partial charge in [0.2, 0.25) is 0 Å². The Hall–Kier alpha value is -2.12. The lowest BCUT2D eigenvalue weighted by atomic mass is 10.2. The van der Waals surface area contributed by atoms with Crippen molar-refractivity contribution in [3.63, 3.8) is 0 Å². The molecule has 2 aromatic heterocycles. The molecule has 3 aromatic rings. The summed E-state index contributed by atoms with van der Waals surface area (Å²) in [6.07, 6.45) is 0. The van der Waals surface area contributed by atoms with Crippen molar-refractivity contribution in [3.8, 4) is 10.6 Å². The van der Waals surface area contributed by atoms with Gasteiger partial charge in [-0.15, -0.1) is 16.4 Å². The van der Waals surface area contributed by atoms with Crippen LogP contribution >= 0.6 is 22.9 Å². The van der Waals surface area contributed by atoms with Crippen LogP contribution in [0.5, 0.6) is 0 Å². The third-order valence-electron chi connectivity index (χ3n) is 3.18. The van der Waals surface area contributed by atoms with E-state index < -0.39 is 0 Å². The maximum Gasteiger partial charge on any atom is 0.265 e. The first-order chi connectivity index (χ1) is 10.6. The number of rotatable bonds is 4. The van der Waals surface area contributed by atoms with Crippen LogP contribution in [-0.4, -0.2) is 20.5 Å². The summed E-state index contributed by atoms with van der Waals surface area (Å²) >= 11 is 2.72. The van der Waals surface area contributed by atoms with Crippen molar-refractivity contribution < 1.29 is 4.79 Å². The molecule has 1 amide bonds. The van der Waals surface area contributed by atoms with Crippen LogP contribution in [0, 0.1) is 13.8 Å². The van der Waals surface area contributed by atoms with Gasteiger partial charge < -0.3 is 5.32 Å². The number of carbonyl (C=O) groups is 1. The first-order valence-corrected chi connectivity index (χ1v) is 8.33. The molecule has 0 atom stereocenters. The summed E-state index contributed by atoms with van der Waals surface area (Å²) in [6, 6.07) is 10.0. The van der Waals surface area contributed by atoms with Gasteiger partial charge in [0.05, 0.1) is 17.9 Å². The zero-order chi connectivity index (χ0) is 15.5. The fourth-order valence-corrected chi connectivity index (χ4v) is 3.56. The molecule has 0 aliphatic carbocycles. The third-order valence-corrected chi connectivity index (χ3v) is 5.21. The Bertz CT molecular complexity index is 795. The summed E-state index contributed by atoms with van der Waals surface area (Å²) in [4.78, 5) is 18.3. The van der Waals surface area contributed by atoms with Crippen LogP contribution in [0.3, 0.4) is 0 Å². The maximum absolute atomic E-state index is 12.1. The van der Waals surface area contributed by atoms with E-state index in [1.165, 1.54) is 0 Å². The second-order valence-electron chi connectivity index (χ2n) is 4.76. The first kappa shape index (κ1) is 14.8. The van der Waals surface area contributed by atoms with Crippen LogP contribution in [0.2, 0.25) is 0 Å². The predicted octanol–water partition coefficient (Wildman–Crippen LogP) is 3.21. The molecule has 5 nitrogen and oxygen atoms in total. The van der Waals surface area contributed by atoms with E-state index in [2.05, 4.69) is 19.9 Å². The van der Waals surface area contributed by atoms with Crippen LogP contribution in [0.25, 0.3) is 10.6 Å². The normalized spacial score (nSPS) is 10.6. The zero-order valence-corrected chi connectivity index (χ0v) is 13.8. The average molecular weight is 330 g/mol. The number of nitrogens with zero attached hydrogens (tertiary/aromatic N) is 3. The topological polar surface area (TPSA) is 67.8 Å². The lowest BCUT2D eigenvalue weighted by Crippen LogP contribution is -2.22. The van der Waals surface area contributed by atoms with Crippen molar-refractivity contribution in [3.05, 3.63) is 51.5 Å². The molecule has 0 radical (unpaired) electrons. The summed E-state index contributed by atoms with van der Waals surface area (Å²) in [5, 5.41) is 7.73. The van der Waals surface area contributed by atoms with E-state index in [0.29, 0.717) is 17.1 Å². The molecule has 0 spiro atoms. The van der Waals surface area contributed by atoms with E-state index in [9.17, 15) is 4.79 Å². The highest BCUT2D eigenvalue weighted by Crippen LogP contribution is 2.27. The Labute approximate surface area is 136 Å². The van der Waals surface area contributed by atoms with E-state index in [1.807, 2.05) is 37.3 Å². The number of nitrogens with one attached hydrogen (secondary N) is 1. The number of hydrogen-bond acceptors (Lipinski definition) is 6. The lowest BCUT2D eigenvalue weighted by molar-refractivity contribution is 0.0954. The van der Waals surface area contributed by atoms with Crippen molar-refractivity contribution in [2.24, 2.45) is 0 Å². The van der Waals surface area contributed by atoms with E-state index in [0.717, 1.165) is 32.7 Å². The number of hydrogen-bond donors (Lipinski definition) is 1. The molecule has 0 aliphatic rings. The summed E-state index contributed by atoms with van der Waals surface area (Å²) < 4.78 is 3.78. The van der Waals surface area contributed by atoms with Crippen LogP contribution < -0.4 is 5.32 Å². The van der Waals surface area contributed by atoms with Crippen molar-refractivity contribution >= 4 is 28.8 Å². The Kier molecular flexibility index (Phi) is 4.26. The van der Waals surface area contributed by atoms with Gasteiger partial charge in [0.15, 0.2) is 0 Å². The van der Waals surface area contributed by atoms with Gasteiger partial charge in [-0.25, -0.2) is 4.98 Å². The summed E-state index contributed by atoms with van der Waals surface area (Å²) in [7, 11) is 0. The smallest absolute Gasteiger partial charge is 0.265 e. The largest absolute Gasteiger partial charge is 0.346 e. The van der Waals surface area contributed by atoms with Crippen LogP contribution in [0.1, 0.15) is 25.9 Å². The number of benzene rings is 1. The predicted molar refractivity (Wildman–Crippen MR) is 88.1 cm³/mol. The molecule has 1 aromatic carbocycles. The highest BCUT2D eigenvalue weighted by Gasteiger charge is 2.15. The van der Waals surface area contributed by atoms with Gasteiger partial charge in [0.25, 0.3) is 5.91 Å². The van der Waals surface area contributed by atoms with Gasteiger partial charge >= 0.3 is 0 Å². The monoisotopic (exact) mass is 330 g/mol. The molecular weight excluding hydrogens is 316 g/mol. The van der Waals surface area contributed by atoms with Crippen LogP contribution in [0.15, 0.2) is 30.3 Å². The molecule has 0 saturated carbocycles. The fraction of sp³-hybridized carbons (Fsp3) is 0.200. The number of carbonyl (C=O) groups excluding carboxylic acids is 1. The van der Waals surface area contributed by atoms with Crippen molar-refractivity contribution in [2.75, 3.05) is 0 Å². The molecule has 0 saturated heterocycles. The molecule has 1 N–H and O–H groups in total. The molecule has 2 heterocycles. The SMILES string of the molecule is Cc1nc(-c2ccccc2)sc1CNC(=O)c1snnc1C. The molecular formula is C15H14N4OS2. The van der Waals surface area contributed by atoms with Gasteiger partial charge in [0, 0.05) is 10.4 Å². The first-order valence-electron chi connectivity index (χ1n) is 6.74. The number of aryl methyl sites for hydroxylation is 2. The van der Waals surface area contributed by atoms with Crippen LogP contribution in [-0.2, 0) is 6.54 Å². The van der Waals surface area contributed by atoms with E-state index in [1.54, 1.807) is 18.3 Å². The van der Waals surface area contributed by atoms with Crippen LogP contribution in [0.4, 0.5) is 0 Å². The second kappa shape index (κ2) is 6.33. The Morgan fingerprint density at radius 1 is 1.18 bits per heavy atom. The molecule has 0 fully saturated rings. The Morgan fingerprint density at radius 2 is 1.95 bits per heavy atom. The summed E-state index contributed by atoms with van der Waals surface area (Å²) in [5.74, 6) is -0.137. The maximum atomic E-state index is 12.1. The minimum atomic E-state index is -0.137. The average Bonchev–Trinajstić information content (AvgIpc) is 3.12. The minimum absolute atomic E-state index is 0.137. The molecule has 3 rings (SSSR count). The summed E-state index contributed by atoms with van der Waals surface area (Å²) in [6.45, 7) is 4.21. The number of aromatic nitrogens is 3. The molecule has 7 heteroatoms. The Balaban J connectivity index is 1.73. The third kappa shape index (κ3) is 3.05. The lowest BCUT2D eigenvalue weighted by Gasteiger charge is -2.01. The second-order valence-corrected chi connectivity index (χ2v) is 6.60. The van der Waals surface area contributed by atoms with E-state index in [-0.39, 0.29) is 5.91 Å². The molecule has 0 aliphatic heterocycles. The summed E-state index contributed by atoms with van der Waals surface area (Å²) in [5.41, 5.74) is 2.70. The standard InChI is InChI=1S/C15H14N4OS2/c1-9-12(8-16-14(20)13-10(2)18-19-22-13)21-15(17-9)11-6-4-3-5-7-11/h3-7H,8H2,1-2H3,(H,16,20).